The van der Waals surface area contributed by atoms with Crippen molar-refractivity contribution < 1.29 is 42.9 Å². The first-order chi connectivity index (χ1) is 20.6. The average molecular weight is 638 g/mol. The number of Topliss-reactive ketones (excluding diaryl/α,β-unsaturated/α-hetero) is 3. The molecule has 248 valence electrons. The van der Waals surface area contributed by atoms with Crippen LogP contribution in [0.1, 0.15) is 86.5 Å². The van der Waals surface area contributed by atoms with Crippen LogP contribution in [0, 0.1) is 17.3 Å². The monoisotopic (exact) mass is 637 g/mol. The van der Waals surface area contributed by atoms with E-state index < -0.39 is 22.9 Å². The van der Waals surface area contributed by atoms with E-state index in [0.717, 1.165) is 12.8 Å². The normalized spacial score (nSPS) is 29.8. The summed E-state index contributed by atoms with van der Waals surface area (Å²) in [6, 6.07) is -0.280. The molecule has 10 nitrogen and oxygen atoms in total. The van der Waals surface area contributed by atoms with E-state index in [4.69, 9.17) is 18.9 Å². The predicted octanol–water partition coefficient (Wildman–Crippen LogP) is 4.02. The fraction of sp³-hybridized carbons (Fsp3) is 0.788. The first-order valence-corrected chi connectivity index (χ1v) is 16.7. The van der Waals surface area contributed by atoms with E-state index in [1.54, 1.807) is 27.9 Å². The van der Waals surface area contributed by atoms with E-state index in [2.05, 4.69) is 32.2 Å². The van der Waals surface area contributed by atoms with Crippen LogP contribution in [0.5, 0.6) is 0 Å². The molecule has 1 N–H and O–H groups in total. The Bertz CT molecular complexity index is 1120. The van der Waals surface area contributed by atoms with Crippen LogP contribution in [-0.2, 0) is 42.9 Å². The van der Waals surface area contributed by atoms with Gasteiger partial charge >= 0.3 is 5.97 Å². The molecule has 11 heteroatoms. The van der Waals surface area contributed by atoms with Gasteiger partial charge in [-0.05, 0) is 40.0 Å². The number of methoxy groups -OCH3 is 2. The lowest BCUT2D eigenvalue weighted by Crippen LogP contribution is -2.59. The number of hydrogen-bond donors (Lipinski definition) is 1. The minimum atomic E-state index is -0.728. The molecule has 2 heterocycles. The summed E-state index contributed by atoms with van der Waals surface area (Å²) in [6.07, 6.45) is 4.01. The highest BCUT2D eigenvalue weighted by Gasteiger charge is 2.71. The van der Waals surface area contributed by atoms with Crippen LogP contribution >= 0.6 is 11.8 Å². The zero-order chi connectivity index (χ0) is 32.9. The largest absolute Gasteiger partial charge is 0.469 e. The molecule has 0 radical (unpaired) electrons. The summed E-state index contributed by atoms with van der Waals surface area (Å²) in [4.78, 5) is 62.6. The van der Waals surface area contributed by atoms with E-state index in [-0.39, 0.29) is 90.2 Å². The van der Waals surface area contributed by atoms with Crippen molar-refractivity contribution in [2.45, 2.75) is 116 Å². The van der Waals surface area contributed by atoms with Crippen molar-refractivity contribution in [1.82, 2.24) is 5.32 Å². The number of carbonyl (C=O) groups is 5. The third-order valence-corrected chi connectivity index (χ3v) is 10.2. The van der Waals surface area contributed by atoms with Gasteiger partial charge in [0.2, 0.25) is 5.91 Å². The van der Waals surface area contributed by atoms with E-state index in [1.807, 2.05) is 0 Å². The molecule has 0 aromatic rings. The van der Waals surface area contributed by atoms with Crippen molar-refractivity contribution in [3.8, 4) is 0 Å². The molecule has 0 unspecified atom stereocenters. The van der Waals surface area contributed by atoms with Crippen LogP contribution in [0.4, 0.5) is 0 Å². The number of rotatable bonds is 17. The molecule has 44 heavy (non-hydrogen) atoms. The van der Waals surface area contributed by atoms with Gasteiger partial charge < -0.3 is 24.3 Å². The zero-order valence-corrected chi connectivity index (χ0v) is 28.4. The van der Waals surface area contributed by atoms with Crippen molar-refractivity contribution in [2.75, 3.05) is 32.3 Å². The number of epoxide rings is 2. The molecule has 0 aromatic carbocycles. The molecule has 0 bridgehead atoms. The lowest BCUT2D eigenvalue weighted by atomic mass is 9.67. The molecule has 3 fully saturated rings. The number of amides is 1. The Morgan fingerprint density at radius 1 is 1.09 bits per heavy atom. The first kappa shape index (κ1) is 36.4. The number of carbonyl (C=O) groups excluding carboxylic acids is 5. The molecular weight excluding hydrogens is 586 g/mol. The van der Waals surface area contributed by atoms with Crippen molar-refractivity contribution in [1.29, 1.82) is 0 Å². The molecule has 0 aromatic heterocycles. The van der Waals surface area contributed by atoms with E-state index in [0.29, 0.717) is 13.0 Å². The van der Waals surface area contributed by atoms with Gasteiger partial charge in [0.05, 0.1) is 55.7 Å². The Kier molecular flexibility index (Phi) is 12.4. The zero-order valence-electron chi connectivity index (χ0n) is 27.6. The van der Waals surface area contributed by atoms with Gasteiger partial charge in [0.1, 0.15) is 17.2 Å². The number of esters is 1. The molecule has 1 aliphatic carbocycles. The summed E-state index contributed by atoms with van der Waals surface area (Å²) in [7, 11) is 2.89. The molecule has 2 saturated heterocycles. The summed E-state index contributed by atoms with van der Waals surface area (Å²) in [5, 5.41) is 3.03. The van der Waals surface area contributed by atoms with Gasteiger partial charge in [-0.1, -0.05) is 32.4 Å². The highest BCUT2D eigenvalue weighted by molar-refractivity contribution is 7.99. The Labute approximate surface area is 266 Å². The van der Waals surface area contributed by atoms with Gasteiger partial charge in [-0.25, -0.2) is 0 Å². The third kappa shape index (κ3) is 9.47. The second kappa shape index (κ2) is 15.0. The maximum Gasteiger partial charge on any atom is 0.309 e. The lowest BCUT2D eigenvalue weighted by molar-refractivity contribution is -0.146. The maximum absolute atomic E-state index is 13.0. The number of nitrogens with one attached hydrogen (secondary N) is 1. The lowest BCUT2D eigenvalue weighted by Gasteiger charge is -2.43. The van der Waals surface area contributed by atoms with Gasteiger partial charge in [-0.15, -0.1) is 0 Å². The number of ether oxygens (including phenoxy) is 4. The van der Waals surface area contributed by atoms with Gasteiger partial charge in [-0.3, -0.25) is 24.0 Å². The highest BCUT2D eigenvalue weighted by atomic mass is 32.2. The average Bonchev–Trinajstić information content (AvgIpc) is 3.86. The van der Waals surface area contributed by atoms with Gasteiger partial charge in [0.15, 0.2) is 5.78 Å². The smallest absolute Gasteiger partial charge is 0.309 e. The highest BCUT2D eigenvalue weighted by Crippen LogP contribution is 2.59. The van der Waals surface area contributed by atoms with Gasteiger partial charge in [-0.2, -0.15) is 11.8 Å². The van der Waals surface area contributed by atoms with Crippen LogP contribution in [0.25, 0.3) is 0 Å². The van der Waals surface area contributed by atoms with E-state index >= 15 is 0 Å². The Morgan fingerprint density at radius 2 is 1.77 bits per heavy atom. The van der Waals surface area contributed by atoms with Crippen LogP contribution in [0.15, 0.2) is 11.6 Å². The second-order valence-corrected chi connectivity index (χ2v) is 14.9. The molecule has 2 aliphatic heterocycles. The fourth-order valence-electron chi connectivity index (χ4n) is 6.33. The van der Waals surface area contributed by atoms with Gasteiger partial charge in [0, 0.05) is 43.5 Å². The van der Waals surface area contributed by atoms with E-state index in [9.17, 15) is 24.0 Å². The number of allylic oxidation sites excluding steroid dienone is 1. The predicted molar refractivity (Wildman–Crippen MR) is 167 cm³/mol. The van der Waals surface area contributed by atoms with Crippen molar-refractivity contribution in [3.05, 3.63) is 11.6 Å². The van der Waals surface area contributed by atoms with Crippen molar-refractivity contribution in [3.63, 3.8) is 0 Å². The third-order valence-electron chi connectivity index (χ3n) is 9.06. The molecular formula is C33H51NO9S. The molecule has 3 aliphatic rings. The van der Waals surface area contributed by atoms with E-state index in [1.165, 1.54) is 24.4 Å². The van der Waals surface area contributed by atoms with Crippen LogP contribution < -0.4 is 5.32 Å². The number of thioether (sulfide) groups is 1. The van der Waals surface area contributed by atoms with Gasteiger partial charge in [0.25, 0.3) is 0 Å². The Balaban J connectivity index is 1.49. The van der Waals surface area contributed by atoms with Crippen LogP contribution in [0.2, 0.25) is 0 Å². The molecule has 1 amide bonds. The number of ketones is 3. The summed E-state index contributed by atoms with van der Waals surface area (Å²) in [5.41, 5.74) is -0.0142. The summed E-state index contributed by atoms with van der Waals surface area (Å²) in [5.74, 6) is -1.96. The Hall–Kier alpha value is -2.08. The molecule has 7 atom stereocenters. The second-order valence-electron chi connectivity index (χ2n) is 13.9. The molecule has 3 rings (SSSR count). The number of hydrogen-bond acceptors (Lipinski definition) is 10. The maximum atomic E-state index is 13.0. The van der Waals surface area contributed by atoms with Crippen LogP contribution in [0.3, 0.4) is 0 Å². The first-order valence-electron chi connectivity index (χ1n) is 15.6. The van der Waals surface area contributed by atoms with Crippen LogP contribution in [-0.4, -0.2) is 91.0 Å². The fourth-order valence-corrected chi connectivity index (χ4v) is 7.31. The van der Waals surface area contributed by atoms with Crippen molar-refractivity contribution >= 4 is 41.0 Å². The summed E-state index contributed by atoms with van der Waals surface area (Å²) >= 11 is 1.19. The van der Waals surface area contributed by atoms with Crippen molar-refractivity contribution in [2.24, 2.45) is 17.3 Å². The minimum absolute atomic E-state index is 0.0154. The molecule has 1 spiro atoms. The quantitative estimate of drug-likeness (QED) is 0.108. The summed E-state index contributed by atoms with van der Waals surface area (Å²) in [6.45, 7) is 12.3. The summed E-state index contributed by atoms with van der Waals surface area (Å²) < 4.78 is 23.0. The SMILES string of the molecule is COC(=O)[C@H](CSCC(=O)CC(=O)N[C@@H]1CC[C@]2(CO2)[C@@H]([C@]2(C)O[C@@H]2CC=C(C)C)[C@@H]1OC)CC(=O)CCC(=O)C(C)(C)C. The topological polar surface area (TPSA) is 141 Å². The Morgan fingerprint density at radius 3 is 2.34 bits per heavy atom. The molecule has 1 saturated carbocycles. The minimum Gasteiger partial charge on any atom is -0.469 e. The standard InChI is InChI=1S/C33H51NO9S/c1-20(2)9-12-26-32(6,43-26)29-28(40-7)24(13-14-33(29)19-42-33)34-27(38)16-23(36)18-44-17-21(30(39)41-8)15-22(35)10-11-25(37)31(3,4)5/h9,21,24,26,28-29H,10-19H2,1-8H3,(H,34,38)/t21-,24+,26+,28+,29+,32+,33-/m0/s1.